The van der Waals surface area contributed by atoms with Crippen LogP contribution in [-0.2, 0) is 6.61 Å². The highest BCUT2D eigenvalue weighted by molar-refractivity contribution is 6.30. The maximum absolute atomic E-state index is 13.4. The summed E-state index contributed by atoms with van der Waals surface area (Å²) in [4.78, 5) is 8.14. The number of benzene rings is 1. The first kappa shape index (κ1) is 12.8. The molecule has 0 aliphatic carbocycles. The van der Waals surface area contributed by atoms with Gasteiger partial charge in [0.05, 0.1) is 0 Å². The number of aryl methyl sites for hydroxylation is 1. The molecule has 0 aliphatic heterocycles. The Labute approximate surface area is 110 Å². The Morgan fingerprint density at radius 3 is 2.67 bits per heavy atom. The molecule has 18 heavy (non-hydrogen) atoms. The molecule has 1 aromatic heterocycles. The van der Waals surface area contributed by atoms with Gasteiger partial charge in [-0.15, -0.1) is 0 Å². The Morgan fingerprint density at radius 2 is 1.94 bits per heavy atom. The van der Waals surface area contributed by atoms with E-state index in [1.165, 1.54) is 6.07 Å². The van der Waals surface area contributed by atoms with Gasteiger partial charge in [-0.05, 0) is 19.9 Å². The van der Waals surface area contributed by atoms with Gasteiger partial charge in [0.2, 0.25) is 5.88 Å². The van der Waals surface area contributed by atoms with Crippen molar-refractivity contribution in [1.82, 2.24) is 9.97 Å². The fourth-order valence-electron chi connectivity index (χ4n) is 1.47. The molecule has 0 radical (unpaired) electrons. The van der Waals surface area contributed by atoms with E-state index in [4.69, 9.17) is 16.3 Å². The highest BCUT2D eigenvalue weighted by Crippen LogP contribution is 2.22. The smallest absolute Gasteiger partial charge is 0.221 e. The van der Waals surface area contributed by atoms with Crippen molar-refractivity contribution < 1.29 is 9.13 Å². The molecule has 0 fully saturated rings. The average Bonchev–Trinajstić information content (AvgIpc) is 2.33. The minimum absolute atomic E-state index is 0.111. The van der Waals surface area contributed by atoms with Crippen molar-refractivity contribution in [3.8, 4) is 5.88 Å². The van der Waals surface area contributed by atoms with Crippen LogP contribution >= 0.6 is 11.6 Å². The maximum atomic E-state index is 13.4. The zero-order valence-corrected chi connectivity index (χ0v) is 10.8. The summed E-state index contributed by atoms with van der Waals surface area (Å²) in [6.45, 7) is 3.60. The second-order valence-corrected chi connectivity index (χ2v) is 4.23. The van der Waals surface area contributed by atoms with Crippen molar-refractivity contribution in [2.24, 2.45) is 0 Å². The first-order valence-corrected chi connectivity index (χ1v) is 5.82. The molecule has 5 heteroatoms. The molecule has 2 rings (SSSR count). The molecule has 0 saturated heterocycles. The van der Waals surface area contributed by atoms with Gasteiger partial charge >= 0.3 is 0 Å². The summed E-state index contributed by atoms with van der Waals surface area (Å²) in [6, 6.07) is 6.45. The lowest BCUT2D eigenvalue weighted by molar-refractivity contribution is 0.284. The van der Waals surface area contributed by atoms with E-state index in [1.54, 1.807) is 32.0 Å². The lowest BCUT2D eigenvalue weighted by Gasteiger charge is -2.10. The van der Waals surface area contributed by atoms with Crippen LogP contribution in [0.15, 0.2) is 24.3 Å². The van der Waals surface area contributed by atoms with Crippen LogP contribution in [0.25, 0.3) is 0 Å². The molecule has 3 nitrogen and oxygen atoms in total. The number of nitrogens with zero attached hydrogens (tertiary/aromatic N) is 2. The highest BCUT2D eigenvalue weighted by Gasteiger charge is 2.09. The molecule has 0 amide bonds. The molecule has 0 bridgehead atoms. The Hall–Kier alpha value is -1.68. The predicted molar refractivity (Wildman–Crippen MR) is 67.2 cm³/mol. The third kappa shape index (κ3) is 2.76. The van der Waals surface area contributed by atoms with Crippen LogP contribution in [0.5, 0.6) is 5.88 Å². The molecule has 2 aromatic rings. The number of hydrogen-bond acceptors (Lipinski definition) is 3. The van der Waals surface area contributed by atoms with E-state index < -0.39 is 0 Å². The standard InChI is InChI=1S/C13H12ClFN2O/c1-8-12(14)16-9(2)17-13(8)18-7-10-5-3-4-6-11(10)15/h3-6H,7H2,1-2H3. The third-order valence-corrected chi connectivity index (χ3v) is 2.84. The van der Waals surface area contributed by atoms with Crippen molar-refractivity contribution in [3.63, 3.8) is 0 Å². The van der Waals surface area contributed by atoms with Crippen LogP contribution in [-0.4, -0.2) is 9.97 Å². The molecular formula is C13H12ClFN2O. The van der Waals surface area contributed by atoms with E-state index >= 15 is 0 Å². The van der Waals surface area contributed by atoms with Gasteiger partial charge in [-0.1, -0.05) is 29.8 Å². The Bertz CT molecular complexity index is 575. The highest BCUT2D eigenvalue weighted by atomic mass is 35.5. The van der Waals surface area contributed by atoms with Gasteiger partial charge in [-0.3, -0.25) is 0 Å². The van der Waals surface area contributed by atoms with Crippen molar-refractivity contribution in [1.29, 1.82) is 0 Å². The van der Waals surface area contributed by atoms with E-state index in [9.17, 15) is 4.39 Å². The van der Waals surface area contributed by atoms with Crippen LogP contribution in [0.1, 0.15) is 17.0 Å². The summed E-state index contributed by atoms with van der Waals surface area (Å²) >= 11 is 5.93. The molecule has 0 unspecified atom stereocenters. The monoisotopic (exact) mass is 266 g/mol. The largest absolute Gasteiger partial charge is 0.472 e. The molecular weight excluding hydrogens is 255 g/mol. The van der Waals surface area contributed by atoms with Crippen LogP contribution in [0.2, 0.25) is 5.15 Å². The summed E-state index contributed by atoms with van der Waals surface area (Å²) in [5.74, 6) is 0.608. The minimum atomic E-state index is -0.299. The molecule has 94 valence electrons. The van der Waals surface area contributed by atoms with Crippen LogP contribution in [0.3, 0.4) is 0 Å². The summed E-state index contributed by atoms with van der Waals surface area (Å²) in [6.07, 6.45) is 0. The lowest BCUT2D eigenvalue weighted by Crippen LogP contribution is -2.03. The van der Waals surface area contributed by atoms with Crippen molar-refractivity contribution in [2.45, 2.75) is 20.5 Å². The number of halogens is 2. The van der Waals surface area contributed by atoms with Gasteiger partial charge in [0.15, 0.2) is 0 Å². The van der Waals surface area contributed by atoms with E-state index in [-0.39, 0.29) is 12.4 Å². The second kappa shape index (κ2) is 5.31. The van der Waals surface area contributed by atoms with Crippen LogP contribution < -0.4 is 4.74 Å². The Balaban J connectivity index is 2.18. The first-order valence-electron chi connectivity index (χ1n) is 5.45. The van der Waals surface area contributed by atoms with E-state index in [0.29, 0.717) is 28.0 Å². The maximum Gasteiger partial charge on any atom is 0.221 e. The van der Waals surface area contributed by atoms with Gasteiger partial charge in [-0.25, -0.2) is 9.37 Å². The van der Waals surface area contributed by atoms with Crippen LogP contribution in [0.4, 0.5) is 4.39 Å². The van der Waals surface area contributed by atoms with Crippen molar-refractivity contribution >= 4 is 11.6 Å². The molecule has 0 aliphatic rings. The average molecular weight is 267 g/mol. The number of ether oxygens (including phenoxy) is 1. The minimum Gasteiger partial charge on any atom is -0.472 e. The van der Waals surface area contributed by atoms with Crippen molar-refractivity contribution in [3.05, 3.63) is 52.2 Å². The number of rotatable bonds is 3. The van der Waals surface area contributed by atoms with Gasteiger partial charge in [0, 0.05) is 11.1 Å². The van der Waals surface area contributed by atoms with Crippen LogP contribution in [0, 0.1) is 19.7 Å². The summed E-state index contributed by atoms with van der Waals surface area (Å²) < 4.78 is 18.9. The molecule has 0 atom stereocenters. The SMILES string of the molecule is Cc1nc(Cl)c(C)c(OCc2ccccc2F)n1. The molecule has 1 heterocycles. The second-order valence-electron chi connectivity index (χ2n) is 3.87. The zero-order chi connectivity index (χ0) is 13.1. The fourth-order valence-corrected chi connectivity index (χ4v) is 1.68. The molecule has 0 spiro atoms. The van der Waals surface area contributed by atoms with Gasteiger partial charge in [0.1, 0.15) is 23.4 Å². The first-order chi connectivity index (χ1) is 8.58. The summed E-state index contributed by atoms with van der Waals surface area (Å²) in [7, 11) is 0. The van der Waals surface area contributed by atoms with E-state index in [0.717, 1.165) is 0 Å². The molecule has 0 saturated carbocycles. The summed E-state index contributed by atoms with van der Waals surface area (Å²) in [5, 5.41) is 0.353. The number of hydrogen-bond donors (Lipinski definition) is 0. The Morgan fingerprint density at radius 1 is 1.22 bits per heavy atom. The lowest BCUT2D eigenvalue weighted by atomic mass is 10.2. The molecule has 0 N–H and O–H groups in total. The predicted octanol–water partition coefficient (Wildman–Crippen LogP) is 3.46. The Kier molecular flexibility index (Phi) is 3.77. The van der Waals surface area contributed by atoms with Gasteiger partial charge in [-0.2, -0.15) is 4.98 Å². The van der Waals surface area contributed by atoms with E-state index in [1.807, 2.05) is 0 Å². The third-order valence-electron chi connectivity index (χ3n) is 2.48. The van der Waals surface area contributed by atoms with Crippen molar-refractivity contribution in [2.75, 3.05) is 0 Å². The van der Waals surface area contributed by atoms with Gasteiger partial charge in [0.25, 0.3) is 0 Å². The summed E-state index contributed by atoms with van der Waals surface area (Å²) in [5.41, 5.74) is 1.13. The number of aromatic nitrogens is 2. The quantitative estimate of drug-likeness (QED) is 0.798. The zero-order valence-electron chi connectivity index (χ0n) is 10.1. The topological polar surface area (TPSA) is 35.0 Å². The van der Waals surface area contributed by atoms with E-state index in [2.05, 4.69) is 9.97 Å². The normalized spacial score (nSPS) is 10.4. The van der Waals surface area contributed by atoms with Gasteiger partial charge < -0.3 is 4.74 Å². The molecule has 1 aromatic carbocycles. The fraction of sp³-hybridized carbons (Fsp3) is 0.231.